The lowest BCUT2D eigenvalue weighted by Crippen LogP contribution is -2.13. The van der Waals surface area contributed by atoms with Gasteiger partial charge in [0.1, 0.15) is 5.75 Å². The summed E-state index contributed by atoms with van der Waals surface area (Å²) in [5.41, 5.74) is 1.11. The van der Waals surface area contributed by atoms with E-state index in [1.54, 1.807) is 37.4 Å². The maximum absolute atomic E-state index is 12.6. The number of hydrogen-bond acceptors (Lipinski definition) is 6. The molecule has 10 heteroatoms. The summed E-state index contributed by atoms with van der Waals surface area (Å²) in [5.74, 6) is 1.09. The second-order valence-electron chi connectivity index (χ2n) is 5.11. The highest BCUT2D eigenvalue weighted by atomic mass is 79.9. The van der Waals surface area contributed by atoms with E-state index in [9.17, 15) is 8.42 Å². The average Bonchev–Trinajstić information content (AvgIpc) is 3.00. The Balaban J connectivity index is 1.91. The van der Waals surface area contributed by atoms with Crippen LogP contribution in [0.2, 0.25) is 0 Å². The fraction of sp³-hybridized carbons (Fsp3) is 0.133. The molecule has 1 aromatic heterocycles. The summed E-state index contributed by atoms with van der Waals surface area (Å²) in [5, 5.41) is 11.3. The van der Waals surface area contributed by atoms with Gasteiger partial charge in [-0.25, -0.2) is 13.1 Å². The smallest absolute Gasteiger partial charge is 0.261 e. The molecule has 0 spiro atoms. The van der Waals surface area contributed by atoms with Gasteiger partial charge in [0.15, 0.2) is 5.82 Å². The molecule has 0 aliphatic heterocycles. The maximum atomic E-state index is 12.6. The van der Waals surface area contributed by atoms with E-state index in [-0.39, 0.29) is 4.90 Å². The van der Waals surface area contributed by atoms with Gasteiger partial charge in [-0.1, -0.05) is 12.1 Å². The fourth-order valence-corrected chi connectivity index (χ4v) is 3.99. The third-order valence-corrected chi connectivity index (χ3v) is 5.43. The Labute approximate surface area is 153 Å². The summed E-state index contributed by atoms with van der Waals surface area (Å²) in [4.78, 5) is 0.117. The molecule has 0 atom stereocenters. The molecule has 3 rings (SSSR count). The molecule has 3 aromatic rings. The number of tetrazole rings is 1. The molecule has 1 N–H and O–H groups in total. The van der Waals surface area contributed by atoms with E-state index in [0.717, 1.165) is 0 Å². The molecule has 0 fully saturated rings. The quantitative estimate of drug-likeness (QED) is 0.676. The van der Waals surface area contributed by atoms with E-state index in [1.165, 1.54) is 23.9 Å². The molecule has 130 valence electrons. The van der Waals surface area contributed by atoms with Crippen molar-refractivity contribution in [2.45, 2.75) is 4.90 Å². The molecule has 8 nitrogen and oxygen atoms in total. The molecule has 0 aliphatic carbocycles. The highest BCUT2D eigenvalue weighted by Gasteiger charge is 2.17. The van der Waals surface area contributed by atoms with Crippen LogP contribution in [0, 0.1) is 0 Å². The number of ether oxygens (including phenoxy) is 1. The Morgan fingerprint density at radius 2 is 2.00 bits per heavy atom. The number of nitrogens with zero attached hydrogens (tertiary/aromatic N) is 4. The lowest BCUT2D eigenvalue weighted by molar-refractivity contribution is 0.411. The Hall–Kier alpha value is -2.46. The molecular weight excluding hydrogens is 410 g/mol. The van der Waals surface area contributed by atoms with Gasteiger partial charge >= 0.3 is 0 Å². The minimum atomic E-state index is -3.75. The van der Waals surface area contributed by atoms with E-state index < -0.39 is 10.0 Å². The summed E-state index contributed by atoms with van der Waals surface area (Å²) in [7, 11) is -0.528. The minimum Gasteiger partial charge on any atom is -0.496 e. The number of aromatic nitrogens is 4. The van der Waals surface area contributed by atoms with E-state index in [0.29, 0.717) is 27.3 Å². The van der Waals surface area contributed by atoms with Crippen LogP contribution < -0.4 is 9.46 Å². The van der Waals surface area contributed by atoms with E-state index >= 15 is 0 Å². The first-order chi connectivity index (χ1) is 11.9. The van der Waals surface area contributed by atoms with Gasteiger partial charge in [0.25, 0.3) is 10.0 Å². The van der Waals surface area contributed by atoms with Crippen LogP contribution in [-0.4, -0.2) is 35.7 Å². The second-order valence-corrected chi connectivity index (χ2v) is 7.65. The number of halogens is 1. The van der Waals surface area contributed by atoms with Crippen molar-refractivity contribution in [2.24, 2.45) is 7.05 Å². The number of rotatable bonds is 5. The molecule has 0 bridgehead atoms. The van der Waals surface area contributed by atoms with Gasteiger partial charge in [0.2, 0.25) is 0 Å². The van der Waals surface area contributed by atoms with Crippen molar-refractivity contribution in [1.82, 2.24) is 20.2 Å². The van der Waals surface area contributed by atoms with Gasteiger partial charge in [-0.05, 0) is 56.7 Å². The van der Waals surface area contributed by atoms with Crippen LogP contribution in [0.3, 0.4) is 0 Å². The monoisotopic (exact) mass is 423 g/mol. The Bertz CT molecular complexity index is 1020. The van der Waals surface area contributed by atoms with Crippen molar-refractivity contribution in [1.29, 1.82) is 0 Å². The molecule has 0 saturated carbocycles. The van der Waals surface area contributed by atoms with Gasteiger partial charge in [-0.3, -0.25) is 4.72 Å². The number of hydrogen-bond donors (Lipinski definition) is 1. The van der Waals surface area contributed by atoms with Crippen molar-refractivity contribution in [3.63, 3.8) is 0 Å². The molecular formula is C15H14BrN5O3S. The summed E-state index contributed by atoms with van der Waals surface area (Å²) >= 11 is 3.29. The Kier molecular flexibility index (Phi) is 4.73. The van der Waals surface area contributed by atoms with Crippen molar-refractivity contribution in [3.8, 4) is 17.1 Å². The highest BCUT2D eigenvalue weighted by molar-refractivity contribution is 9.10. The number of nitrogens with one attached hydrogen (secondary N) is 1. The zero-order chi connectivity index (χ0) is 18.0. The third-order valence-electron chi connectivity index (χ3n) is 3.43. The second kappa shape index (κ2) is 6.81. The number of sulfonamides is 1. The topological polar surface area (TPSA) is 99.0 Å². The predicted octanol–water partition coefficient (Wildman–Crippen LogP) is 2.45. The number of aryl methyl sites for hydroxylation is 1. The predicted molar refractivity (Wildman–Crippen MR) is 95.7 cm³/mol. The van der Waals surface area contributed by atoms with Gasteiger partial charge in [-0.2, -0.15) is 0 Å². The van der Waals surface area contributed by atoms with Crippen LogP contribution in [0.5, 0.6) is 5.75 Å². The Morgan fingerprint density at radius 1 is 1.20 bits per heavy atom. The van der Waals surface area contributed by atoms with Crippen LogP contribution in [0.1, 0.15) is 0 Å². The van der Waals surface area contributed by atoms with Crippen LogP contribution in [0.15, 0.2) is 51.8 Å². The Morgan fingerprint density at radius 3 is 2.64 bits per heavy atom. The SMILES string of the molecule is COc1ccc(S(=O)(=O)Nc2cccc(-c3nnnn3C)c2)cc1Br. The van der Waals surface area contributed by atoms with Crippen LogP contribution in [0.4, 0.5) is 5.69 Å². The van der Waals surface area contributed by atoms with Crippen LogP contribution in [-0.2, 0) is 17.1 Å². The standard InChI is InChI=1S/C15H14BrN5O3S/c1-21-15(17-19-20-21)10-4-3-5-11(8-10)18-25(22,23)12-6-7-14(24-2)13(16)9-12/h3-9,18H,1-2H3. The normalized spacial score (nSPS) is 11.3. The van der Waals surface area contributed by atoms with Crippen molar-refractivity contribution in [3.05, 3.63) is 46.9 Å². The van der Waals surface area contributed by atoms with E-state index in [1.807, 2.05) is 0 Å². The van der Waals surface area contributed by atoms with E-state index in [4.69, 9.17) is 4.74 Å². The number of benzene rings is 2. The van der Waals surface area contributed by atoms with Gasteiger partial charge in [0, 0.05) is 18.3 Å². The van der Waals surface area contributed by atoms with Gasteiger partial charge < -0.3 is 4.74 Å². The van der Waals surface area contributed by atoms with Crippen LogP contribution in [0.25, 0.3) is 11.4 Å². The summed E-state index contributed by atoms with van der Waals surface area (Å²) in [6.45, 7) is 0. The zero-order valence-electron chi connectivity index (χ0n) is 13.3. The molecule has 0 saturated heterocycles. The third kappa shape index (κ3) is 3.64. The maximum Gasteiger partial charge on any atom is 0.261 e. The zero-order valence-corrected chi connectivity index (χ0v) is 15.7. The fourth-order valence-electron chi connectivity index (χ4n) is 2.22. The molecule has 25 heavy (non-hydrogen) atoms. The number of methoxy groups -OCH3 is 1. The van der Waals surface area contributed by atoms with Gasteiger partial charge in [-0.15, -0.1) is 5.10 Å². The largest absolute Gasteiger partial charge is 0.496 e. The lowest BCUT2D eigenvalue weighted by atomic mass is 10.2. The molecule has 1 heterocycles. The molecule has 0 radical (unpaired) electrons. The molecule has 2 aromatic carbocycles. The molecule has 0 amide bonds. The lowest BCUT2D eigenvalue weighted by Gasteiger charge is -2.11. The molecule has 0 unspecified atom stereocenters. The summed E-state index contributed by atoms with van der Waals surface area (Å²) in [6.07, 6.45) is 0. The molecule has 0 aliphatic rings. The van der Waals surface area contributed by atoms with Crippen molar-refractivity contribution >= 4 is 31.6 Å². The minimum absolute atomic E-state index is 0.117. The van der Waals surface area contributed by atoms with E-state index in [2.05, 4.69) is 36.2 Å². The first-order valence-electron chi connectivity index (χ1n) is 7.10. The van der Waals surface area contributed by atoms with Crippen molar-refractivity contribution < 1.29 is 13.2 Å². The van der Waals surface area contributed by atoms with Gasteiger partial charge in [0.05, 0.1) is 16.5 Å². The summed E-state index contributed by atoms with van der Waals surface area (Å²) in [6, 6.07) is 11.4. The van der Waals surface area contributed by atoms with Crippen molar-refractivity contribution in [2.75, 3.05) is 11.8 Å². The number of anilines is 1. The average molecular weight is 424 g/mol. The summed E-state index contributed by atoms with van der Waals surface area (Å²) < 4.78 is 34.9. The first kappa shape index (κ1) is 17.4. The highest BCUT2D eigenvalue weighted by Crippen LogP contribution is 2.29. The van der Waals surface area contributed by atoms with Crippen LogP contribution >= 0.6 is 15.9 Å². The first-order valence-corrected chi connectivity index (χ1v) is 9.37.